The van der Waals surface area contributed by atoms with Crippen LogP contribution in [0.25, 0.3) is 0 Å². The first-order valence-corrected chi connectivity index (χ1v) is 7.27. The molecule has 1 aliphatic heterocycles. The van der Waals surface area contributed by atoms with Gasteiger partial charge in [0.2, 0.25) is 0 Å². The van der Waals surface area contributed by atoms with Crippen molar-refractivity contribution >= 4 is 5.78 Å². The first-order chi connectivity index (χ1) is 9.56. The highest BCUT2D eigenvalue weighted by molar-refractivity contribution is 5.95. The van der Waals surface area contributed by atoms with E-state index in [-0.39, 0.29) is 11.6 Å². The summed E-state index contributed by atoms with van der Waals surface area (Å²) in [4.78, 5) is 16.8. The Morgan fingerprint density at radius 1 is 1.30 bits per heavy atom. The van der Waals surface area contributed by atoms with E-state index >= 15 is 0 Å². The van der Waals surface area contributed by atoms with Crippen LogP contribution in [0.4, 0.5) is 4.39 Å². The number of halogens is 1. The van der Waals surface area contributed by atoms with Gasteiger partial charge < -0.3 is 4.90 Å². The third kappa shape index (κ3) is 4.12. The van der Waals surface area contributed by atoms with Crippen LogP contribution in [-0.2, 0) is 0 Å². The van der Waals surface area contributed by atoms with Gasteiger partial charge in [-0.25, -0.2) is 4.39 Å². The van der Waals surface area contributed by atoms with Gasteiger partial charge in [-0.05, 0) is 51.2 Å². The van der Waals surface area contributed by atoms with Crippen LogP contribution in [0.1, 0.15) is 30.1 Å². The number of rotatable bonds is 5. The molecule has 0 amide bonds. The maximum atomic E-state index is 12.8. The smallest absolute Gasteiger partial charge is 0.162 e. The summed E-state index contributed by atoms with van der Waals surface area (Å²) < 4.78 is 12.8. The minimum atomic E-state index is -0.298. The van der Waals surface area contributed by atoms with Crippen molar-refractivity contribution in [2.24, 2.45) is 0 Å². The zero-order valence-electron chi connectivity index (χ0n) is 12.3. The molecule has 110 valence electrons. The van der Waals surface area contributed by atoms with Crippen molar-refractivity contribution < 1.29 is 9.18 Å². The molecule has 4 heteroatoms. The molecule has 0 bridgehead atoms. The van der Waals surface area contributed by atoms with E-state index < -0.39 is 0 Å². The molecule has 1 aromatic rings. The summed E-state index contributed by atoms with van der Waals surface area (Å²) in [5.41, 5.74) is 0.609. The minimum Gasteiger partial charge on any atom is -0.304 e. The highest BCUT2D eigenvalue weighted by Gasteiger charge is 2.20. The quantitative estimate of drug-likeness (QED) is 0.773. The summed E-state index contributed by atoms with van der Waals surface area (Å²) in [6.45, 7) is 6.45. The molecule has 1 fully saturated rings. The normalized spacial score (nSPS) is 21.1. The summed E-state index contributed by atoms with van der Waals surface area (Å²) in [5, 5.41) is 0. The molecule has 0 aliphatic carbocycles. The molecule has 0 saturated carbocycles. The predicted molar refractivity (Wildman–Crippen MR) is 78.5 cm³/mol. The fraction of sp³-hybridized carbons (Fsp3) is 0.562. The fourth-order valence-electron chi connectivity index (χ4n) is 2.73. The van der Waals surface area contributed by atoms with E-state index in [0.29, 0.717) is 18.0 Å². The lowest BCUT2D eigenvalue weighted by Crippen LogP contribution is -2.50. The molecule has 0 aromatic heterocycles. The van der Waals surface area contributed by atoms with E-state index in [0.717, 1.165) is 32.6 Å². The van der Waals surface area contributed by atoms with Gasteiger partial charge in [-0.2, -0.15) is 0 Å². The fourth-order valence-corrected chi connectivity index (χ4v) is 2.73. The lowest BCUT2D eigenvalue weighted by Gasteiger charge is -2.38. The SMILES string of the molecule is CC1CN(C)CCN1CCCC(=O)c1ccc(F)cc1. The average Bonchev–Trinajstić information content (AvgIpc) is 2.42. The molecule has 1 atom stereocenters. The summed E-state index contributed by atoms with van der Waals surface area (Å²) in [6.07, 6.45) is 1.40. The number of carbonyl (C=O) groups is 1. The number of likely N-dealkylation sites (N-methyl/N-ethyl adjacent to an activating group) is 1. The van der Waals surface area contributed by atoms with Crippen molar-refractivity contribution in [1.82, 2.24) is 9.80 Å². The van der Waals surface area contributed by atoms with Gasteiger partial charge in [-0.15, -0.1) is 0 Å². The van der Waals surface area contributed by atoms with Crippen LogP contribution >= 0.6 is 0 Å². The molecule has 1 aromatic carbocycles. The van der Waals surface area contributed by atoms with Crippen LogP contribution in [-0.4, -0.2) is 54.9 Å². The standard InChI is InChI=1S/C16H23FN2O/c1-13-12-18(2)10-11-19(13)9-3-4-16(20)14-5-7-15(17)8-6-14/h5-8,13H,3-4,9-12H2,1-2H3. The van der Waals surface area contributed by atoms with Crippen molar-refractivity contribution in [3.8, 4) is 0 Å². The van der Waals surface area contributed by atoms with E-state index in [2.05, 4.69) is 23.8 Å². The van der Waals surface area contributed by atoms with Gasteiger partial charge >= 0.3 is 0 Å². The van der Waals surface area contributed by atoms with Gasteiger partial charge in [0.25, 0.3) is 0 Å². The molecular weight excluding hydrogens is 255 g/mol. The second-order valence-electron chi connectivity index (χ2n) is 5.68. The van der Waals surface area contributed by atoms with Gasteiger partial charge in [0.05, 0.1) is 0 Å². The highest BCUT2D eigenvalue weighted by Crippen LogP contribution is 2.11. The summed E-state index contributed by atoms with van der Waals surface area (Å²) in [6, 6.07) is 6.37. The number of benzene rings is 1. The first kappa shape index (κ1) is 15.1. The maximum absolute atomic E-state index is 12.8. The molecule has 20 heavy (non-hydrogen) atoms. The average molecular weight is 278 g/mol. The Morgan fingerprint density at radius 2 is 2.00 bits per heavy atom. The van der Waals surface area contributed by atoms with Crippen LogP contribution in [0.2, 0.25) is 0 Å². The molecule has 1 heterocycles. The van der Waals surface area contributed by atoms with E-state index in [1.807, 2.05) is 0 Å². The van der Waals surface area contributed by atoms with E-state index in [4.69, 9.17) is 0 Å². The zero-order valence-corrected chi connectivity index (χ0v) is 12.3. The van der Waals surface area contributed by atoms with Gasteiger partial charge in [0.1, 0.15) is 5.82 Å². The van der Waals surface area contributed by atoms with Crippen LogP contribution < -0.4 is 0 Å². The predicted octanol–water partition coefficient (Wildman–Crippen LogP) is 2.42. The molecular formula is C16H23FN2O. The third-order valence-electron chi connectivity index (χ3n) is 3.98. The number of Topliss-reactive ketones (excluding diaryl/α,β-unsaturated/α-hetero) is 1. The summed E-state index contributed by atoms with van der Waals surface area (Å²) in [5.74, 6) is -0.195. The number of nitrogens with zero attached hydrogens (tertiary/aromatic N) is 2. The molecule has 3 nitrogen and oxygen atoms in total. The van der Waals surface area contributed by atoms with Crippen molar-refractivity contribution in [1.29, 1.82) is 0 Å². The van der Waals surface area contributed by atoms with Crippen molar-refractivity contribution in [2.45, 2.75) is 25.8 Å². The van der Waals surface area contributed by atoms with Crippen LogP contribution in [0.5, 0.6) is 0 Å². The number of ketones is 1. The summed E-state index contributed by atoms with van der Waals surface area (Å²) >= 11 is 0. The molecule has 0 N–H and O–H groups in total. The minimum absolute atomic E-state index is 0.104. The molecule has 0 spiro atoms. The Kier molecular flexibility index (Phi) is 5.26. The lowest BCUT2D eigenvalue weighted by atomic mass is 10.1. The van der Waals surface area contributed by atoms with E-state index in [1.54, 1.807) is 12.1 Å². The molecule has 0 radical (unpaired) electrons. The van der Waals surface area contributed by atoms with Gasteiger partial charge in [-0.1, -0.05) is 0 Å². The topological polar surface area (TPSA) is 23.6 Å². The molecule has 1 saturated heterocycles. The lowest BCUT2D eigenvalue weighted by molar-refractivity contribution is 0.0900. The van der Waals surface area contributed by atoms with Crippen LogP contribution in [0, 0.1) is 5.82 Å². The van der Waals surface area contributed by atoms with Crippen molar-refractivity contribution in [3.63, 3.8) is 0 Å². The largest absolute Gasteiger partial charge is 0.304 e. The Labute approximate surface area is 120 Å². The Bertz CT molecular complexity index is 446. The Balaban J connectivity index is 1.75. The second kappa shape index (κ2) is 6.95. The van der Waals surface area contributed by atoms with Gasteiger partial charge in [-0.3, -0.25) is 9.69 Å². The molecule has 1 aliphatic rings. The Morgan fingerprint density at radius 3 is 2.65 bits per heavy atom. The van der Waals surface area contributed by atoms with Crippen LogP contribution in [0.15, 0.2) is 24.3 Å². The van der Waals surface area contributed by atoms with Crippen LogP contribution in [0.3, 0.4) is 0 Å². The van der Waals surface area contributed by atoms with Gasteiger partial charge in [0, 0.05) is 37.7 Å². The number of hydrogen-bond donors (Lipinski definition) is 0. The van der Waals surface area contributed by atoms with Crippen molar-refractivity contribution in [3.05, 3.63) is 35.6 Å². The highest BCUT2D eigenvalue weighted by atomic mass is 19.1. The van der Waals surface area contributed by atoms with E-state index in [1.165, 1.54) is 12.1 Å². The first-order valence-electron chi connectivity index (χ1n) is 7.27. The van der Waals surface area contributed by atoms with Gasteiger partial charge in [0.15, 0.2) is 5.78 Å². The second-order valence-corrected chi connectivity index (χ2v) is 5.68. The Hall–Kier alpha value is -1.26. The maximum Gasteiger partial charge on any atom is 0.162 e. The number of carbonyl (C=O) groups excluding carboxylic acids is 1. The van der Waals surface area contributed by atoms with E-state index in [9.17, 15) is 9.18 Å². The molecule has 2 rings (SSSR count). The third-order valence-corrected chi connectivity index (χ3v) is 3.98. The van der Waals surface area contributed by atoms with Crippen molar-refractivity contribution in [2.75, 3.05) is 33.2 Å². The monoisotopic (exact) mass is 278 g/mol. The number of hydrogen-bond acceptors (Lipinski definition) is 3. The summed E-state index contributed by atoms with van der Waals surface area (Å²) in [7, 11) is 2.14. The number of piperazine rings is 1. The molecule has 1 unspecified atom stereocenters. The zero-order chi connectivity index (χ0) is 14.5.